The molecule has 28 heavy (non-hydrogen) atoms. The molecule has 0 saturated carbocycles. The van der Waals surface area contributed by atoms with Gasteiger partial charge >= 0.3 is 0 Å². The minimum Gasteiger partial charge on any atom is -0.497 e. The van der Waals surface area contributed by atoms with Crippen molar-refractivity contribution in [2.75, 3.05) is 12.4 Å². The number of carbonyl (C=O) groups excluding carboxylic acids is 1. The number of ether oxygens (including phenoxy) is 1. The van der Waals surface area contributed by atoms with E-state index in [4.69, 9.17) is 9.15 Å². The van der Waals surface area contributed by atoms with E-state index in [1.54, 1.807) is 31.4 Å². The number of pyridine rings is 1. The molecule has 0 aliphatic heterocycles. The minimum atomic E-state index is -0.430. The predicted molar refractivity (Wildman–Crippen MR) is 105 cm³/mol. The quantitative estimate of drug-likeness (QED) is 0.586. The Morgan fingerprint density at radius 2 is 2.11 bits per heavy atom. The molecule has 0 spiro atoms. The number of rotatable bonds is 4. The van der Waals surface area contributed by atoms with Gasteiger partial charge in [0.05, 0.1) is 18.8 Å². The van der Waals surface area contributed by atoms with Crippen LogP contribution in [0.4, 0.5) is 5.69 Å². The number of furan rings is 1. The summed E-state index contributed by atoms with van der Waals surface area (Å²) >= 11 is 0. The number of nitrogens with zero attached hydrogens (tertiary/aromatic N) is 3. The smallest absolute Gasteiger partial charge is 0.297 e. The first-order valence-corrected chi connectivity index (χ1v) is 8.66. The highest BCUT2D eigenvalue weighted by Crippen LogP contribution is 2.26. The maximum atomic E-state index is 12.8. The Morgan fingerprint density at radius 1 is 1.29 bits per heavy atom. The molecule has 8 heteroatoms. The summed E-state index contributed by atoms with van der Waals surface area (Å²) in [6.07, 6.45) is 1.35. The Morgan fingerprint density at radius 3 is 2.89 bits per heavy atom. The summed E-state index contributed by atoms with van der Waals surface area (Å²) in [5, 5.41) is 3.45. The molecular formula is C20H18N4O4. The Kier molecular flexibility index (Phi) is 4.31. The molecule has 0 aliphatic rings. The van der Waals surface area contributed by atoms with Crippen LogP contribution in [-0.4, -0.2) is 27.6 Å². The van der Waals surface area contributed by atoms with Crippen molar-refractivity contribution in [3.05, 3.63) is 58.3 Å². The van der Waals surface area contributed by atoms with E-state index >= 15 is 0 Å². The average Bonchev–Trinajstić information content (AvgIpc) is 3.03. The number of methoxy groups -OCH3 is 1. The Bertz CT molecular complexity index is 1270. The fraction of sp³-hybridized carbons (Fsp3) is 0.200. The zero-order chi connectivity index (χ0) is 19.8. The summed E-state index contributed by atoms with van der Waals surface area (Å²) in [6, 6.07) is 8.88. The van der Waals surface area contributed by atoms with Crippen molar-refractivity contribution in [1.29, 1.82) is 0 Å². The normalized spacial score (nSPS) is 11.1. The van der Waals surface area contributed by atoms with Gasteiger partial charge in [-0.25, -0.2) is 9.97 Å². The van der Waals surface area contributed by atoms with Crippen molar-refractivity contribution in [3.63, 3.8) is 0 Å². The summed E-state index contributed by atoms with van der Waals surface area (Å²) in [6.45, 7) is 3.58. The van der Waals surface area contributed by atoms with Crippen LogP contribution in [-0.2, 0) is 11.3 Å². The van der Waals surface area contributed by atoms with Gasteiger partial charge in [0, 0.05) is 17.4 Å². The monoisotopic (exact) mass is 378 g/mol. The van der Waals surface area contributed by atoms with Gasteiger partial charge < -0.3 is 14.5 Å². The SMILES string of the molecule is COc1cccc(NC(=O)Cn2cnc3c(oc4nc(C)cc(C)c43)c2=O)c1. The molecule has 1 amide bonds. The fourth-order valence-corrected chi connectivity index (χ4v) is 3.17. The fourth-order valence-electron chi connectivity index (χ4n) is 3.17. The number of benzene rings is 1. The largest absolute Gasteiger partial charge is 0.497 e. The van der Waals surface area contributed by atoms with Crippen LogP contribution < -0.4 is 15.6 Å². The highest BCUT2D eigenvalue weighted by molar-refractivity contribution is 6.02. The minimum absolute atomic E-state index is 0.0906. The van der Waals surface area contributed by atoms with Crippen LogP contribution in [0.15, 0.2) is 45.9 Å². The van der Waals surface area contributed by atoms with Crippen molar-refractivity contribution in [3.8, 4) is 5.75 Å². The maximum Gasteiger partial charge on any atom is 0.297 e. The maximum absolute atomic E-state index is 12.8. The number of fused-ring (bicyclic) bond motifs is 3. The molecule has 1 aromatic carbocycles. The van der Waals surface area contributed by atoms with Gasteiger partial charge in [-0.2, -0.15) is 0 Å². The third-order valence-electron chi connectivity index (χ3n) is 4.41. The molecule has 4 rings (SSSR count). The van der Waals surface area contributed by atoms with Gasteiger partial charge in [-0.05, 0) is 37.6 Å². The van der Waals surface area contributed by atoms with Gasteiger partial charge in [-0.3, -0.25) is 14.2 Å². The number of aromatic nitrogens is 3. The van der Waals surface area contributed by atoms with Crippen molar-refractivity contribution in [1.82, 2.24) is 14.5 Å². The summed E-state index contributed by atoms with van der Waals surface area (Å²) in [5.74, 6) is 0.260. The first-order valence-electron chi connectivity index (χ1n) is 8.66. The van der Waals surface area contributed by atoms with Crippen molar-refractivity contribution in [2.24, 2.45) is 0 Å². The van der Waals surface area contributed by atoms with Crippen LogP contribution in [0.25, 0.3) is 22.2 Å². The Labute approximate surface area is 159 Å². The molecule has 0 fully saturated rings. The average molecular weight is 378 g/mol. The lowest BCUT2D eigenvalue weighted by molar-refractivity contribution is -0.116. The molecule has 0 aliphatic carbocycles. The molecule has 1 N–H and O–H groups in total. The van der Waals surface area contributed by atoms with E-state index in [-0.39, 0.29) is 18.0 Å². The zero-order valence-electron chi connectivity index (χ0n) is 15.6. The summed E-state index contributed by atoms with van der Waals surface area (Å²) in [4.78, 5) is 33.8. The second-order valence-electron chi connectivity index (χ2n) is 6.50. The number of carbonyl (C=O) groups is 1. The number of anilines is 1. The highest BCUT2D eigenvalue weighted by Gasteiger charge is 2.17. The second-order valence-corrected chi connectivity index (χ2v) is 6.50. The lowest BCUT2D eigenvalue weighted by Gasteiger charge is -2.08. The topological polar surface area (TPSA) is 99.2 Å². The van der Waals surface area contributed by atoms with E-state index in [2.05, 4.69) is 15.3 Å². The lowest BCUT2D eigenvalue weighted by atomic mass is 10.1. The molecule has 0 radical (unpaired) electrons. The van der Waals surface area contributed by atoms with Crippen LogP contribution in [0.2, 0.25) is 0 Å². The van der Waals surface area contributed by atoms with Crippen LogP contribution in [0.1, 0.15) is 11.3 Å². The molecule has 0 unspecified atom stereocenters. The third kappa shape index (κ3) is 3.09. The standard InChI is InChI=1S/C20H18N4O4/c1-11-7-12(2)22-19-16(11)17-18(28-19)20(26)24(10-21-17)9-15(25)23-13-5-4-6-14(8-13)27-3/h4-8,10H,9H2,1-3H3,(H,23,25). The number of hydrogen-bond donors (Lipinski definition) is 1. The van der Waals surface area contributed by atoms with Gasteiger partial charge in [0.2, 0.25) is 17.2 Å². The molecule has 0 saturated heterocycles. The van der Waals surface area contributed by atoms with E-state index in [0.717, 1.165) is 11.3 Å². The summed E-state index contributed by atoms with van der Waals surface area (Å²) in [7, 11) is 1.55. The number of aryl methyl sites for hydroxylation is 2. The van der Waals surface area contributed by atoms with E-state index in [1.165, 1.54) is 10.9 Å². The van der Waals surface area contributed by atoms with Crippen LogP contribution >= 0.6 is 0 Å². The van der Waals surface area contributed by atoms with Gasteiger partial charge in [0.25, 0.3) is 5.56 Å². The molecule has 0 atom stereocenters. The van der Waals surface area contributed by atoms with Gasteiger partial charge in [-0.15, -0.1) is 0 Å². The van der Waals surface area contributed by atoms with Crippen molar-refractivity contribution in [2.45, 2.75) is 20.4 Å². The third-order valence-corrected chi connectivity index (χ3v) is 4.41. The first-order chi connectivity index (χ1) is 13.5. The molecule has 8 nitrogen and oxygen atoms in total. The van der Waals surface area contributed by atoms with Gasteiger partial charge in [0.15, 0.2) is 0 Å². The number of hydrogen-bond acceptors (Lipinski definition) is 6. The van der Waals surface area contributed by atoms with Crippen LogP contribution in [0, 0.1) is 13.8 Å². The molecule has 3 heterocycles. The molecule has 4 aromatic rings. The van der Waals surface area contributed by atoms with Crippen molar-refractivity contribution < 1.29 is 13.9 Å². The predicted octanol–water partition coefficient (Wildman–Crippen LogP) is 2.80. The highest BCUT2D eigenvalue weighted by atomic mass is 16.5. The van der Waals surface area contributed by atoms with E-state index < -0.39 is 5.56 Å². The molecular weight excluding hydrogens is 360 g/mol. The van der Waals surface area contributed by atoms with Gasteiger partial charge in [-0.1, -0.05) is 6.07 Å². The summed E-state index contributed by atoms with van der Waals surface area (Å²) in [5.41, 5.74) is 2.79. The second kappa shape index (κ2) is 6.80. The number of nitrogens with one attached hydrogen (secondary N) is 1. The Hall–Kier alpha value is -3.68. The zero-order valence-corrected chi connectivity index (χ0v) is 15.6. The van der Waals surface area contributed by atoms with Crippen molar-refractivity contribution >= 4 is 33.8 Å². The molecule has 3 aromatic heterocycles. The first kappa shape index (κ1) is 17.7. The molecule has 142 valence electrons. The number of amides is 1. The molecule has 0 bridgehead atoms. The van der Waals surface area contributed by atoms with E-state index in [1.807, 2.05) is 19.9 Å². The van der Waals surface area contributed by atoms with E-state index in [0.29, 0.717) is 28.1 Å². The Balaban J connectivity index is 1.66. The van der Waals surface area contributed by atoms with Crippen LogP contribution in [0.3, 0.4) is 0 Å². The summed E-state index contributed by atoms with van der Waals surface area (Å²) < 4.78 is 12.0. The lowest BCUT2D eigenvalue weighted by Crippen LogP contribution is -2.27. The van der Waals surface area contributed by atoms with Crippen LogP contribution in [0.5, 0.6) is 5.75 Å². The van der Waals surface area contributed by atoms with E-state index in [9.17, 15) is 9.59 Å². The van der Waals surface area contributed by atoms with Gasteiger partial charge in [0.1, 0.15) is 17.8 Å².